The lowest BCUT2D eigenvalue weighted by atomic mass is 10.0. The molecule has 1 aliphatic carbocycles. The molecule has 1 N–H and O–H groups in total. The summed E-state index contributed by atoms with van der Waals surface area (Å²) in [4.78, 5) is 29.2. The molecule has 38 heavy (non-hydrogen) atoms. The Morgan fingerprint density at radius 3 is 2.37 bits per heavy atom. The number of amides is 2. The van der Waals surface area contributed by atoms with Gasteiger partial charge in [0, 0.05) is 39.3 Å². The van der Waals surface area contributed by atoms with Crippen LogP contribution in [0, 0.1) is 0 Å². The third kappa shape index (κ3) is 8.51. The first-order valence-electron chi connectivity index (χ1n) is 12.8. The van der Waals surface area contributed by atoms with Crippen LogP contribution in [-0.2, 0) is 28.3 Å². The number of halogens is 3. The van der Waals surface area contributed by atoms with Crippen LogP contribution in [0.2, 0.25) is 10.0 Å². The molecule has 1 fully saturated rings. The Hall–Kier alpha value is -1.99. The minimum Gasteiger partial charge on any atom is -0.352 e. The Morgan fingerprint density at radius 2 is 1.68 bits per heavy atom. The molecule has 200 valence electrons. The molecule has 0 aliphatic heterocycles. The third-order valence-corrected chi connectivity index (χ3v) is 8.84. The number of thioether (sulfide) groups is 1. The minimum absolute atomic E-state index is 0.0966. The van der Waals surface area contributed by atoms with Crippen LogP contribution in [0.5, 0.6) is 0 Å². The molecule has 4 rings (SSSR count). The predicted molar refractivity (Wildman–Crippen MR) is 162 cm³/mol. The van der Waals surface area contributed by atoms with E-state index in [9.17, 15) is 9.59 Å². The summed E-state index contributed by atoms with van der Waals surface area (Å²) in [5.74, 6) is 0.743. The van der Waals surface area contributed by atoms with Gasteiger partial charge in [-0.1, -0.05) is 101 Å². The standard InChI is InChI=1S/C30H31BrCl2N2O2S/c31-24-13-10-22(11-14-24)19-38-20-29(36)35(18-23-12-15-25(32)17-27(23)33)28(16-21-6-2-1-3-7-21)30(37)34-26-8-4-5-9-26/h1-3,6-7,10-15,17,26,28H,4-5,8-9,16,18-20H2,(H,34,37). The van der Waals surface area contributed by atoms with E-state index < -0.39 is 6.04 Å². The highest BCUT2D eigenvalue weighted by atomic mass is 79.9. The summed E-state index contributed by atoms with van der Waals surface area (Å²) in [6, 6.07) is 22.7. The van der Waals surface area contributed by atoms with Crippen LogP contribution in [0.4, 0.5) is 0 Å². The summed E-state index contributed by atoms with van der Waals surface area (Å²) in [5, 5.41) is 4.24. The van der Waals surface area contributed by atoms with Gasteiger partial charge in [0.05, 0.1) is 5.75 Å². The van der Waals surface area contributed by atoms with E-state index in [0.29, 0.717) is 22.2 Å². The molecule has 2 amide bonds. The van der Waals surface area contributed by atoms with Crippen LogP contribution < -0.4 is 5.32 Å². The Labute approximate surface area is 247 Å². The lowest BCUT2D eigenvalue weighted by Crippen LogP contribution is -2.52. The number of nitrogens with zero attached hydrogens (tertiary/aromatic N) is 1. The van der Waals surface area contributed by atoms with Gasteiger partial charge in [-0.25, -0.2) is 0 Å². The highest BCUT2D eigenvalue weighted by molar-refractivity contribution is 9.10. The van der Waals surface area contributed by atoms with Crippen molar-refractivity contribution >= 4 is 62.7 Å². The average molecular weight is 634 g/mol. The highest BCUT2D eigenvalue weighted by Gasteiger charge is 2.32. The molecule has 1 atom stereocenters. The third-order valence-electron chi connectivity index (χ3n) is 6.74. The number of rotatable bonds is 11. The molecule has 0 spiro atoms. The first-order valence-corrected chi connectivity index (χ1v) is 15.5. The van der Waals surface area contributed by atoms with Gasteiger partial charge in [0.1, 0.15) is 6.04 Å². The Morgan fingerprint density at radius 1 is 0.974 bits per heavy atom. The van der Waals surface area contributed by atoms with E-state index in [4.69, 9.17) is 23.2 Å². The average Bonchev–Trinajstić information content (AvgIpc) is 3.42. The van der Waals surface area contributed by atoms with Crippen LogP contribution in [0.3, 0.4) is 0 Å². The summed E-state index contributed by atoms with van der Waals surface area (Å²) in [6.45, 7) is 0.225. The molecule has 0 radical (unpaired) electrons. The summed E-state index contributed by atoms with van der Waals surface area (Å²) in [5.41, 5.74) is 2.90. The number of benzene rings is 3. The smallest absolute Gasteiger partial charge is 0.243 e. The van der Waals surface area contributed by atoms with Crippen LogP contribution >= 0.6 is 50.9 Å². The Bertz CT molecular complexity index is 1220. The zero-order chi connectivity index (χ0) is 26.9. The summed E-state index contributed by atoms with van der Waals surface area (Å²) < 4.78 is 1.02. The monoisotopic (exact) mass is 632 g/mol. The van der Waals surface area contributed by atoms with Crippen LogP contribution in [0.25, 0.3) is 0 Å². The SMILES string of the molecule is O=C(NC1CCCC1)C(Cc1ccccc1)N(Cc1ccc(Cl)cc1Cl)C(=O)CSCc1ccc(Br)cc1. The number of hydrogen-bond acceptors (Lipinski definition) is 3. The van der Waals surface area contributed by atoms with Crippen molar-refractivity contribution in [2.45, 2.75) is 56.5 Å². The lowest BCUT2D eigenvalue weighted by Gasteiger charge is -2.32. The maximum absolute atomic E-state index is 13.8. The van der Waals surface area contributed by atoms with Gasteiger partial charge in [-0.05, 0) is 53.8 Å². The van der Waals surface area contributed by atoms with Crippen LogP contribution in [0.1, 0.15) is 42.4 Å². The number of carbonyl (C=O) groups excluding carboxylic acids is 2. The minimum atomic E-state index is -0.662. The predicted octanol–water partition coefficient (Wildman–Crippen LogP) is 7.69. The van der Waals surface area contributed by atoms with E-state index in [1.54, 1.807) is 28.8 Å². The quantitative estimate of drug-likeness (QED) is 0.236. The van der Waals surface area contributed by atoms with Crippen molar-refractivity contribution in [2.24, 2.45) is 0 Å². The first kappa shape index (κ1) is 29.0. The van der Waals surface area contributed by atoms with E-state index in [1.807, 2.05) is 60.7 Å². The van der Waals surface area contributed by atoms with E-state index in [0.717, 1.165) is 46.8 Å². The fourth-order valence-corrected chi connectivity index (χ4v) is 6.28. The van der Waals surface area contributed by atoms with E-state index >= 15 is 0 Å². The van der Waals surface area contributed by atoms with Crippen molar-refractivity contribution < 1.29 is 9.59 Å². The topological polar surface area (TPSA) is 49.4 Å². The zero-order valence-corrected chi connectivity index (χ0v) is 25.0. The van der Waals surface area contributed by atoms with Gasteiger partial charge < -0.3 is 10.2 Å². The van der Waals surface area contributed by atoms with Gasteiger partial charge in [-0.15, -0.1) is 11.8 Å². The van der Waals surface area contributed by atoms with Gasteiger partial charge in [0.2, 0.25) is 11.8 Å². The summed E-state index contributed by atoms with van der Waals surface area (Å²) in [6.07, 6.45) is 4.61. The van der Waals surface area contributed by atoms with Gasteiger partial charge >= 0.3 is 0 Å². The Kier molecular flexibility index (Phi) is 11.0. The maximum atomic E-state index is 13.8. The second-order valence-electron chi connectivity index (χ2n) is 9.57. The molecule has 0 aromatic heterocycles. The van der Waals surface area contributed by atoms with Crippen molar-refractivity contribution in [1.82, 2.24) is 10.2 Å². The molecule has 4 nitrogen and oxygen atoms in total. The van der Waals surface area contributed by atoms with Crippen molar-refractivity contribution in [3.05, 3.63) is 104 Å². The van der Waals surface area contributed by atoms with Gasteiger partial charge in [-0.3, -0.25) is 9.59 Å². The van der Waals surface area contributed by atoms with E-state index in [1.165, 1.54) is 0 Å². The van der Waals surface area contributed by atoms with Crippen molar-refractivity contribution in [2.75, 3.05) is 5.75 Å². The largest absolute Gasteiger partial charge is 0.352 e. The highest BCUT2D eigenvalue weighted by Crippen LogP contribution is 2.26. The van der Waals surface area contributed by atoms with Gasteiger partial charge in [-0.2, -0.15) is 0 Å². The van der Waals surface area contributed by atoms with Crippen LogP contribution in [0.15, 0.2) is 77.3 Å². The fourth-order valence-electron chi connectivity index (χ4n) is 4.67. The first-order chi connectivity index (χ1) is 18.4. The zero-order valence-electron chi connectivity index (χ0n) is 21.0. The van der Waals surface area contributed by atoms with Gasteiger partial charge in [0.15, 0.2) is 0 Å². The molecule has 1 saturated carbocycles. The molecule has 1 aliphatic rings. The molecule has 0 saturated heterocycles. The molecule has 0 bridgehead atoms. The fraction of sp³-hybridized carbons (Fsp3) is 0.333. The van der Waals surface area contributed by atoms with Crippen molar-refractivity contribution in [3.63, 3.8) is 0 Å². The molecular formula is C30H31BrCl2N2O2S. The Balaban J connectivity index is 1.58. The number of carbonyl (C=O) groups is 2. The molecule has 0 heterocycles. The molecule has 8 heteroatoms. The van der Waals surface area contributed by atoms with Crippen molar-refractivity contribution in [3.8, 4) is 0 Å². The van der Waals surface area contributed by atoms with Crippen LogP contribution in [-0.4, -0.2) is 34.6 Å². The summed E-state index contributed by atoms with van der Waals surface area (Å²) in [7, 11) is 0. The van der Waals surface area contributed by atoms with Crippen molar-refractivity contribution in [1.29, 1.82) is 0 Å². The molecule has 3 aromatic carbocycles. The molecule has 1 unspecified atom stereocenters. The number of hydrogen-bond donors (Lipinski definition) is 1. The normalized spacial score (nSPS) is 14.3. The van der Waals surface area contributed by atoms with E-state index in [2.05, 4.69) is 21.2 Å². The van der Waals surface area contributed by atoms with Gasteiger partial charge in [0.25, 0.3) is 0 Å². The number of nitrogens with one attached hydrogen (secondary N) is 1. The second kappa shape index (κ2) is 14.4. The summed E-state index contributed by atoms with van der Waals surface area (Å²) >= 11 is 17.7. The van der Waals surface area contributed by atoms with E-state index in [-0.39, 0.29) is 30.2 Å². The second-order valence-corrected chi connectivity index (χ2v) is 12.3. The lowest BCUT2D eigenvalue weighted by molar-refractivity contribution is -0.139. The maximum Gasteiger partial charge on any atom is 0.243 e. The molecular weight excluding hydrogens is 603 g/mol. The molecule has 3 aromatic rings.